The number of hydrogen-bond donors (Lipinski definition) is 1. The second-order valence-corrected chi connectivity index (χ2v) is 6.47. The Bertz CT molecular complexity index is 495. The van der Waals surface area contributed by atoms with Gasteiger partial charge in [0.25, 0.3) is 0 Å². The molecule has 0 radical (unpaired) electrons. The van der Waals surface area contributed by atoms with E-state index in [4.69, 9.17) is 0 Å². The Morgan fingerprint density at radius 1 is 1.25 bits per heavy atom. The fourth-order valence-corrected chi connectivity index (χ4v) is 2.34. The number of halogens is 1. The van der Waals surface area contributed by atoms with E-state index in [-0.39, 0.29) is 23.8 Å². The number of rotatable bonds is 4. The van der Waals surface area contributed by atoms with Gasteiger partial charge in [0, 0.05) is 29.9 Å². The first-order chi connectivity index (χ1) is 9.21. The lowest BCUT2D eigenvalue weighted by Crippen LogP contribution is -2.45. The first kappa shape index (κ1) is 16.7. The summed E-state index contributed by atoms with van der Waals surface area (Å²) in [5.74, 6) is -0.126. The third-order valence-corrected chi connectivity index (χ3v) is 3.59. The van der Waals surface area contributed by atoms with E-state index in [0.717, 1.165) is 10.2 Å². The van der Waals surface area contributed by atoms with E-state index in [1.165, 1.54) is 6.92 Å². The van der Waals surface area contributed by atoms with Crippen molar-refractivity contribution in [1.29, 1.82) is 0 Å². The Kier molecular flexibility index (Phi) is 5.74. The molecule has 0 spiro atoms. The highest BCUT2D eigenvalue weighted by molar-refractivity contribution is 9.10. The molecule has 0 aliphatic carbocycles. The van der Waals surface area contributed by atoms with Crippen molar-refractivity contribution in [3.8, 4) is 0 Å². The zero-order chi connectivity index (χ0) is 15.3. The Hall–Kier alpha value is -1.36. The summed E-state index contributed by atoms with van der Waals surface area (Å²) in [5.41, 5.74) is 0.460. The maximum absolute atomic E-state index is 11.9. The van der Waals surface area contributed by atoms with Gasteiger partial charge in [0.2, 0.25) is 11.8 Å². The number of amides is 2. The number of para-hydroxylation sites is 1. The minimum atomic E-state index is -0.278. The van der Waals surface area contributed by atoms with Gasteiger partial charge in [0.05, 0.1) is 5.69 Å². The summed E-state index contributed by atoms with van der Waals surface area (Å²) in [6.07, 6.45) is 0.276. The molecule has 1 rings (SSSR count). The van der Waals surface area contributed by atoms with Gasteiger partial charge in [-0.1, -0.05) is 12.1 Å². The first-order valence-electron chi connectivity index (χ1n) is 6.54. The van der Waals surface area contributed by atoms with Crippen molar-refractivity contribution in [3.63, 3.8) is 0 Å². The van der Waals surface area contributed by atoms with Crippen LogP contribution in [0, 0.1) is 0 Å². The minimum Gasteiger partial charge on any atom is -0.338 e. The summed E-state index contributed by atoms with van der Waals surface area (Å²) in [6.45, 7) is 7.81. The summed E-state index contributed by atoms with van der Waals surface area (Å²) < 4.78 is 0.840. The van der Waals surface area contributed by atoms with E-state index in [9.17, 15) is 9.59 Å². The van der Waals surface area contributed by atoms with Crippen LogP contribution in [0.4, 0.5) is 5.69 Å². The minimum absolute atomic E-state index is 0.0220. The molecule has 1 aromatic rings. The van der Waals surface area contributed by atoms with E-state index < -0.39 is 0 Å². The molecule has 0 heterocycles. The Labute approximate surface area is 128 Å². The Morgan fingerprint density at radius 3 is 2.35 bits per heavy atom. The number of benzene rings is 1. The highest BCUT2D eigenvalue weighted by Crippen LogP contribution is 2.21. The molecule has 20 heavy (non-hydrogen) atoms. The molecule has 0 bridgehead atoms. The SMILES string of the molecule is CC(=O)N(CCC(=O)Nc1ccccc1Br)C(C)(C)C. The lowest BCUT2D eigenvalue weighted by molar-refractivity contribution is -0.134. The molecule has 0 aromatic heterocycles. The molecule has 0 aliphatic rings. The number of carbonyl (C=O) groups excluding carboxylic acids is 2. The summed E-state index contributed by atoms with van der Waals surface area (Å²) >= 11 is 3.38. The summed E-state index contributed by atoms with van der Waals surface area (Å²) in [4.78, 5) is 25.3. The Morgan fingerprint density at radius 2 is 1.85 bits per heavy atom. The van der Waals surface area contributed by atoms with Gasteiger partial charge in [0.15, 0.2) is 0 Å². The fourth-order valence-electron chi connectivity index (χ4n) is 1.95. The second kappa shape index (κ2) is 6.88. The van der Waals surface area contributed by atoms with Crippen LogP contribution < -0.4 is 5.32 Å². The van der Waals surface area contributed by atoms with E-state index in [1.54, 1.807) is 4.90 Å². The van der Waals surface area contributed by atoms with Crippen LogP contribution in [0.3, 0.4) is 0 Å². The lowest BCUT2D eigenvalue weighted by Gasteiger charge is -2.34. The number of nitrogens with zero attached hydrogens (tertiary/aromatic N) is 1. The normalized spacial score (nSPS) is 11.1. The number of hydrogen-bond acceptors (Lipinski definition) is 2. The van der Waals surface area contributed by atoms with Crippen molar-refractivity contribution >= 4 is 33.4 Å². The van der Waals surface area contributed by atoms with Crippen molar-refractivity contribution in [2.45, 2.75) is 39.7 Å². The number of carbonyl (C=O) groups is 2. The van der Waals surface area contributed by atoms with E-state index in [0.29, 0.717) is 6.54 Å². The monoisotopic (exact) mass is 340 g/mol. The summed E-state index contributed by atoms with van der Waals surface area (Å²) in [6, 6.07) is 7.44. The predicted octanol–water partition coefficient (Wildman–Crippen LogP) is 3.42. The van der Waals surface area contributed by atoms with Crippen LogP contribution in [-0.2, 0) is 9.59 Å². The lowest BCUT2D eigenvalue weighted by atomic mass is 10.1. The van der Waals surface area contributed by atoms with Crippen LogP contribution in [-0.4, -0.2) is 28.8 Å². The molecule has 0 fully saturated rings. The fraction of sp³-hybridized carbons (Fsp3) is 0.467. The molecule has 0 saturated heterocycles. The van der Waals surface area contributed by atoms with E-state index >= 15 is 0 Å². The number of anilines is 1. The summed E-state index contributed by atoms with van der Waals surface area (Å²) in [5, 5.41) is 2.83. The molecule has 110 valence electrons. The zero-order valence-electron chi connectivity index (χ0n) is 12.4. The standard InChI is InChI=1S/C15H21BrN2O2/c1-11(19)18(15(2,3)4)10-9-14(20)17-13-8-6-5-7-12(13)16/h5-8H,9-10H2,1-4H3,(H,17,20). The van der Waals surface area contributed by atoms with Gasteiger partial charge >= 0.3 is 0 Å². The largest absolute Gasteiger partial charge is 0.338 e. The molecule has 5 heteroatoms. The Balaban J connectivity index is 2.59. The van der Waals surface area contributed by atoms with Crippen molar-refractivity contribution in [2.75, 3.05) is 11.9 Å². The second-order valence-electron chi connectivity index (χ2n) is 5.62. The van der Waals surface area contributed by atoms with Gasteiger partial charge in [-0.05, 0) is 48.8 Å². The van der Waals surface area contributed by atoms with Crippen molar-refractivity contribution < 1.29 is 9.59 Å². The topological polar surface area (TPSA) is 49.4 Å². The van der Waals surface area contributed by atoms with Gasteiger partial charge < -0.3 is 10.2 Å². The molecule has 1 N–H and O–H groups in total. The van der Waals surface area contributed by atoms with Crippen molar-refractivity contribution in [1.82, 2.24) is 4.90 Å². The van der Waals surface area contributed by atoms with Gasteiger partial charge in [0.1, 0.15) is 0 Å². The van der Waals surface area contributed by atoms with Gasteiger partial charge in [-0.25, -0.2) is 0 Å². The van der Waals surface area contributed by atoms with Gasteiger partial charge in [-0.2, -0.15) is 0 Å². The molecule has 1 aromatic carbocycles. The molecule has 0 atom stereocenters. The van der Waals surface area contributed by atoms with Crippen LogP contribution in [0.2, 0.25) is 0 Å². The number of nitrogens with one attached hydrogen (secondary N) is 1. The molecule has 0 saturated carbocycles. The molecular weight excluding hydrogens is 320 g/mol. The quantitative estimate of drug-likeness (QED) is 0.912. The average molecular weight is 341 g/mol. The smallest absolute Gasteiger partial charge is 0.226 e. The van der Waals surface area contributed by atoms with Crippen LogP contribution in [0.25, 0.3) is 0 Å². The van der Waals surface area contributed by atoms with Crippen molar-refractivity contribution in [3.05, 3.63) is 28.7 Å². The first-order valence-corrected chi connectivity index (χ1v) is 7.33. The highest BCUT2D eigenvalue weighted by atomic mass is 79.9. The van der Waals surface area contributed by atoms with E-state index in [1.807, 2.05) is 45.0 Å². The molecular formula is C15H21BrN2O2. The molecule has 2 amide bonds. The maximum atomic E-state index is 11.9. The third kappa shape index (κ3) is 4.96. The molecule has 4 nitrogen and oxygen atoms in total. The van der Waals surface area contributed by atoms with Crippen LogP contribution in [0.1, 0.15) is 34.1 Å². The maximum Gasteiger partial charge on any atom is 0.226 e. The van der Waals surface area contributed by atoms with Gasteiger partial charge in [-0.3, -0.25) is 9.59 Å². The summed E-state index contributed by atoms with van der Waals surface area (Å²) in [7, 11) is 0. The molecule has 0 aliphatic heterocycles. The average Bonchev–Trinajstić information content (AvgIpc) is 2.30. The molecule has 0 unspecified atom stereocenters. The van der Waals surface area contributed by atoms with Crippen LogP contribution in [0.15, 0.2) is 28.7 Å². The van der Waals surface area contributed by atoms with Gasteiger partial charge in [-0.15, -0.1) is 0 Å². The van der Waals surface area contributed by atoms with Crippen LogP contribution in [0.5, 0.6) is 0 Å². The van der Waals surface area contributed by atoms with Crippen LogP contribution >= 0.6 is 15.9 Å². The zero-order valence-corrected chi connectivity index (χ0v) is 14.0. The predicted molar refractivity (Wildman–Crippen MR) is 84.5 cm³/mol. The van der Waals surface area contributed by atoms with Crippen molar-refractivity contribution in [2.24, 2.45) is 0 Å². The highest BCUT2D eigenvalue weighted by Gasteiger charge is 2.24. The third-order valence-electron chi connectivity index (χ3n) is 2.90. The van der Waals surface area contributed by atoms with E-state index in [2.05, 4.69) is 21.2 Å².